The van der Waals surface area contributed by atoms with Crippen molar-refractivity contribution in [3.8, 4) is 5.69 Å². The van der Waals surface area contributed by atoms with Crippen LogP contribution in [0.1, 0.15) is 5.56 Å². The van der Waals surface area contributed by atoms with E-state index in [1.165, 1.54) is 0 Å². The van der Waals surface area contributed by atoms with Gasteiger partial charge >= 0.3 is 0 Å². The zero-order chi connectivity index (χ0) is 11.7. The highest BCUT2D eigenvalue weighted by Crippen LogP contribution is 2.21. The molecular formula is C11H11N3S2. The molecule has 0 spiro atoms. The maximum Gasteiger partial charge on any atom is 0.122 e. The van der Waals surface area contributed by atoms with Crippen LogP contribution in [0.5, 0.6) is 0 Å². The van der Waals surface area contributed by atoms with E-state index in [1.807, 2.05) is 41.2 Å². The Labute approximate surface area is 105 Å². The van der Waals surface area contributed by atoms with Crippen LogP contribution in [-0.2, 0) is 0 Å². The average Bonchev–Trinajstić information content (AvgIpc) is 2.59. The van der Waals surface area contributed by atoms with Crippen LogP contribution in [-0.4, -0.2) is 10.4 Å². The number of nitrogens with zero attached hydrogens (tertiary/aromatic N) is 1. The summed E-state index contributed by atoms with van der Waals surface area (Å²) in [4.78, 5) is 1.66. The van der Waals surface area contributed by atoms with E-state index in [-0.39, 0.29) is 5.84 Å². The number of hydrogen-bond acceptors (Lipinski definition) is 3. The van der Waals surface area contributed by atoms with E-state index in [2.05, 4.69) is 25.3 Å². The summed E-state index contributed by atoms with van der Waals surface area (Å²) >= 11 is 8.54. The second-order valence-electron chi connectivity index (χ2n) is 3.40. The van der Waals surface area contributed by atoms with Gasteiger partial charge in [-0.2, -0.15) is 0 Å². The molecule has 82 valence electrons. The number of nitrogens with two attached hydrogens (primary N) is 1. The van der Waals surface area contributed by atoms with Crippen molar-refractivity contribution in [3.63, 3.8) is 0 Å². The van der Waals surface area contributed by atoms with Crippen molar-refractivity contribution in [1.29, 1.82) is 5.41 Å². The molecule has 1 aromatic heterocycles. The second-order valence-corrected chi connectivity index (χ2v) is 4.36. The molecule has 0 radical (unpaired) electrons. The summed E-state index contributed by atoms with van der Waals surface area (Å²) in [6.45, 7) is 0. The molecule has 0 aliphatic carbocycles. The van der Waals surface area contributed by atoms with Crippen molar-refractivity contribution >= 4 is 31.1 Å². The van der Waals surface area contributed by atoms with Crippen molar-refractivity contribution in [2.45, 2.75) is 9.79 Å². The van der Waals surface area contributed by atoms with Crippen LogP contribution < -0.4 is 5.73 Å². The molecule has 0 saturated heterocycles. The third-order valence-electron chi connectivity index (χ3n) is 2.26. The molecule has 0 amide bonds. The Morgan fingerprint density at radius 1 is 1.06 bits per heavy atom. The van der Waals surface area contributed by atoms with Crippen LogP contribution in [0.2, 0.25) is 0 Å². The van der Waals surface area contributed by atoms with Crippen LogP contribution in [0.25, 0.3) is 5.69 Å². The van der Waals surface area contributed by atoms with E-state index in [0.717, 1.165) is 15.5 Å². The normalized spacial score (nSPS) is 10.4. The molecule has 1 aromatic carbocycles. The Morgan fingerprint density at radius 2 is 1.56 bits per heavy atom. The fraction of sp³-hybridized carbons (Fsp3) is 0. The molecule has 0 atom stereocenters. The molecule has 0 fully saturated rings. The number of nitrogen functional groups attached to an aromatic ring is 1. The molecule has 3 nitrogen and oxygen atoms in total. The standard InChI is InChI=1S/C11H11N3S2/c12-11(13)7-1-3-8(4-2-7)14-5-9(15)10(16)6-14/h1-6,15-16H,(H3,12,13). The van der Waals surface area contributed by atoms with E-state index in [9.17, 15) is 0 Å². The first-order chi connectivity index (χ1) is 7.58. The van der Waals surface area contributed by atoms with Gasteiger partial charge in [-0.3, -0.25) is 5.41 Å². The maximum atomic E-state index is 7.30. The Bertz CT molecular complexity index is 509. The lowest BCUT2D eigenvalue weighted by molar-refractivity contribution is 1.06. The zero-order valence-corrected chi connectivity index (χ0v) is 10.2. The highest BCUT2D eigenvalue weighted by atomic mass is 32.1. The largest absolute Gasteiger partial charge is 0.384 e. The molecule has 2 rings (SSSR count). The molecule has 1 heterocycles. The Balaban J connectivity index is 2.38. The van der Waals surface area contributed by atoms with Crippen molar-refractivity contribution in [3.05, 3.63) is 42.2 Å². The van der Waals surface area contributed by atoms with Crippen molar-refractivity contribution < 1.29 is 0 Å². The topological polar surface area (TPSA) is 54.8 Å². The number of amidine groups is 1. The van der Waals surface area contributed by atoms with E-state index < -0.39 is 0 Å². The van der Waals surface area contributed by atoms with Crippen LogP contribution in [0, 0.1) is 5.41 Å². The third kappa shape index (κ3) is 2.10. The highest BCUT2D eigenvalue weighted by Gasteiger charge is 2.02. The maximum absolute atomic E-state index is 7.30. The molecular weight excluding hydrogens is 238 g/mol. The number of rotatable bonds is 2. The number of aromatic nitrogens is 1. The Morgan fingerprint density at radius 3 is 2.00 bits per heavy atom. The van der Waals surface area contributed by atoms with Gasteiger partial charge in [0.05, 0.1) is 0 Å². The minimum Gasteiger partial charge on any atom is -0.384 e. The summed E-state index contributed by atoms with van der Waals surface area (Å²) in [7, 11) is 0. The number of nitrogens with one attached hydrogen (secondary N) is 1. The van der Waals surface area contributed by atoms with Crippen LogP contribution in [0.4, 0.5) is 0 Å². The van der Waals surface area contributed by atoms with Gasteiger partial charge in [0.15, 0.2) is 0 Å². The summed E-state index contributed by atoms with van der Waals surface area (Å²) in [6.07, 6.45) is 3.77. The van der Waals surface area contributed by atoms with Crippen molar-refractivity contribution in [2.75, 3.05) is 0 Å². The Kier molecular flexibility index (Phi) is 2.98. The van der Waals surface area contributed by atoms with Gasteiger partial charge in [-0.1, -0.05) is 0 Å². The average molecular weight is 249 g/mol. The fourth-order valence-corrected chi connectivity index (χ4v) is 1.76. The molecule has 0 bridgehead atoms. The van der Waals surface area contributed by atoms with E-state index in [0.29, 0.717) is 5.56 Å². The first-order valence-electron chi connectivity index (χ1n) is 4.62. The number of benzene rings is 1. The van der Waals surface area contributed by atoms with Crippen LogP contribution in [0.3, 0.4) is 0 Å². The SMILES string of the molecule is N=C(N)c1ccc(-n2cc(S)c(S)c2)cc1. The first kappa shape index (κ1) is 11.2. The van der Waals surface area contributed by atoms with Crippen molar-refractivity contribution in [1.82, 2.24) is 4.57 Å². The third-order valence-corrected chi connectivity index (χ3v) is 3.15. The quantitative estimate of drug-likeness (QED) is 0.368. The monoisotopic (exact) mass is 249 g/mol. The van der Waals surface area contributed by atoms with E-state index in [4.69, 9.17) is 11.1 Å². The predicted octanol–water partition coefficient (Wildman–Crippen LogP) is 2.34. The van der Waals surface area contributed by atoms with E-state index >= 15 is 0 Å². The summed E-state index contributed by atoms with van der Waals surface area (Å²) in [5.41, 5.74) is 7.09. The summed E-state index contributed by atoms with van der Waals surface area (Å²) < 4.78 is 1.93. The van der Waals surface area contributed by atoms with Crippen molar-refractivity contribution in [2.24, 2.45) is 5.73 Å². The minimum atomic E-state index is 0.0730. The van der Waals surface area contributed by atoms with Gasteiger partial charge in [0, 0.05) is 33.4 Å². The summed E-state index contributed by atoms with van der Waals surface area (Å²) in [6, 6.07) is 7.43. The lowest BCUT2D eigenvalue weighted by Crippen LogP contribution is -2.10. The molecule has 5 heteroatoms. The van der Waals surface area contributed by atoms with Gasteiger partial charge in [-0.25, -0.2) is 0 Å². The molecule has 0 aliphatic rings. The van der Waals surface area contributed by atoms with Gasteiger partial charge in [-0.15, -0.1) is 25.3 Å². The molecule has 16 heavy (non-hydrogen) atoms. The van der Waals surface area contributed by atoms with Crippen LogP contribution in [0.15, 0.2) is 46.5 Å². The highest BCUT2D eigenvalue weighted by molar-refractivity contribution is 7.83. The predicted molar refractivity (Wildman–Crippen MR) is 71.3 cm³/mol. The van der Waals surface area contributed by atoms with Gasteiger partial charge in [0.2, 0.25) is 0 Å². The molecule has 2 aromatic rings. The minimum absolute atomic E-state index is 0.0730. The van der Waals surface area contributed by atoms with Gasteiger partial charge in [-0.05, 0) is 24.3 Å². The molecule has 0 aliphatic heterocycles. The zero-order valence-electron chi connectivity index (χ0n) is 8.38. The first-order valence-corrected chi connectivity index (χ1v) is 5.52. The summed E-state index contributed by atoms with van der Waals surface area (Å²) in [5, 5.41) is 7.30. The number of thiol groups is 2. The Hall–Kier alpha value is -1.33. The summed E-state index contributed by atoms with van der Waals surface area (Å²) in [5.74, 6) is 0.0730. The molecule has 3 N–H and O–H groups in total. The smallest absolute Gasteiger partial charge is 0.122 e. The van der Waals surface area contributed by atoms with Gasteiger partial charge in [0.25, 0.3) is 0 Å². The second kappa shape index (κ2) is 4.27. The van der Waals surface area contributed by atoms with Gasteiger partial charge in [0.1, 0.15) is 5.84 Å². The number of hydrogen-bond donors (Lipinski definition) is 4. The fourth-order valence-electron chi connectivity index (χ4n) is 1.40. The van der Waals surface area contributed by atoms with E-state index in [1.54, 1.807) is 0 Å². The van der Waals surface area contributed by atoms with Gasteiger partial charge < -0.3 is 10.3 Å². The van der Waals surface area contributed by atoms with Crippen LogP contribution >= 0.6 is 25.3 Å². The molecule has 0 saturated carbocycles. The molecule has 0 unspecified atom stereocenters. The lowest BCUT2D eigenvalue weighted by atomic mass is 10.2. The lowest BCUT2D eigenvalue weighted by Gasteiger charge is -2.03.